The summed E-state index contributed by atoms with van der Waals surface area (Å²) in [5, 5.41) is 22.2. The Morgan fingerprint density at radius 3 is 2.43 bits per heavy atom. The molecule has 0 bridgehead atoms. The number of aliphatic hydroxyl groups is 2. The van der Waals surface area contributed by atoms with Crippen molar-refractivity contribution >= 4 is 0 Å². The van der Waals surface area contributed by atoms with Crippen molar-refractivity contribution < 1.29 is 23.4 Å². The van der Waals surface area contributed by atoms with Crippen LogP contribution in [0.4, 0.5) is 13.2 Å². The molecule has 1 aromatic carbocycles. The van der Waals surface area contributed by atoms with E-state index in [1.54, 1.807) is 0 Å². The summed E-state index contributed by atoms with van der Waals surface area (Å²) in [6.07, 6.45) is -4.74. The molecule has 0 saturated carbocycles. The lowest BCUT2D eigenvalue weighted by atomic mass is 10.0. The molecule has 0 aliphatic heterocycles. The van der Waals surface area contributed by atoms with Gasteiger partial charge in [0.25, 0.3) is 0 Å². The summed E-state index contributed by atoms with van der Waals surface area (Å²) >= 11 is 0. The molecule has 21 heavy (non-hydrogen) atoms. The molecule has 0 aliphatic carbocycles. The van der Waals surface area contributed by atoms with E-state index in [9.17, 15) is 23.4 Å². The van der Waals surface area contributed by atoms with Crippen molar-refractivity contribution in [2.45, 2.75) is 38.6 Å². The molecule has 1 aromatic rings. The van der Waals surface area contributed by atoms with Gasteiger partial charge in [0.05, 0.1) is 18.3 Å². The van der Waals surface area contributed by atoms with Gasteiger partial charge >= 0.3 is 6.18 Å². The molecular weight excluding hydrogens is 283 g/mol. The van der Waals surface area contributed by atoms with Crippen LogP contribution in [0.3, 0.4) is 0 Å². The fourth-order valence-corrected chi connectivity index (χ4v) is 2.11. The predicted octanol–water partition coefficient (Wildman–Crippen LogP) is 2.74. The number of halogens is 3. The molecule has 6 heteroatoms. The normalized spacial score (nSPS) is 15.2. The second-order valence-corrected chi connectivity index (χ2v) is 5.56. The zero-order valence-electron chi connectivity index (χ0n) is 12.2. The van der Waals surface area contributed by atoms with E-state index < -0.39 is 17.8 Å². The Kier molecular flexibility index (Phi) is 6.64. The maximum Gasteiger partial charge on any atom is 0.416 e. The Morgan fingerprint density at radius 2 is 1.90 bits per heavy atom. The van der Waals surface area contributed by atoms with Crippen LogP contribution in [-0.2, 0) is 6.18 Å². The van der Waals surface area contributed by atoms with E-state index >= 15 is 0 Å². The Labute approximate surface area is 122 Å². The van der Waals surface area contributed by atoms with Gasteiger partial charge in [-0.15, -0.1) is 0 Å². The van der Waals surface area contributed by atoms with Gasteiger partial charge in [0.15, 0.2) is 0 Å². The van der Waals surface area contributed by atoms with Gasteiger partial charge in [-0.2, -0.15) is 13.2 Å². The quantitative estimate of drug-likeness (QED) is 0.726. The number of hydrogen-bond donors (Lipinski definition) is 3. The monoisotopic (exact) mass is 305 g/mol. The number of rotatable bonds is 7. The molecule has 2 atom stereocenters. The van der Waals surface area contributed by atoms with Crippen LogP contribution in [0.15, 0.2) is 24.3 Å². The van der Waals surface area contributed by atoms with Gasteiger partial charge in [-0.05, 0) is 30.0 Å². The second-order valence-electron chi connectivity index (χ2n) is 5.56. The first-order chi connectivity index (χ1) is 9.74. The Hall–Kier alpha value is -1.11. The van der Waals surface area contributed by atoms with E-state index in [1.807, 2.05) is 13.8 Å². The molecule has 3 nitrogen and oxygen atoms in total. The molecule has 0 aliphatic rings. The van der Waals surface area contributed by atoms with E-state index in [2.05, 4.69) is 5.32 Å². The average Bonchev–Trinajstić information content (AvgIpc) is 2.41. The summed E-state index contributed by atoms with van der Waals surface area (Å²) in [5.74, 6) is 0.375. The predicted molar refractivity (Wildman–Crippen MR) is 74.7 cm³/mol. The summed E-state index contributed by atoms with van der Waals surface area (Å²) in [4.78, 5) is 0. The fourth-order valence-electron chi connectivity index (χ4n) is 2.11. The molecular formula is C15H22F3NO2. The van der Waals surface area contributed by atoms with E-state index in [0.29, 0.717) is 5.92 Å². The van der Waals surface area contributed by atoms with Gasteiger partial charge < -0.3 is 15.5 Å². The molecule has 3 N–H and O–H groups in total. The van der Waals surface area contributed by atoms with Crippen LogP contribution in [0.2, 0.25) is 0 Å². The van der Waals surface area contributed by atoms with E-state index in [-0.39, 0.29) is 24.8 Å². The summed E-state index contributed by atoms with van der Waals surface area (Å²) in [6.45, 7) is 4.04. The highest BCUT2D eigenvalue weighted by molar-refractivity contribution is 5.27. The van der Waals surface area contributed by atoms with Crippen molar-refractivity contribution in [3.05, 3.63) is 35.4 Å². The highest BCUT2D eigenvalue weighted by atomic mass is 19.4. The highest BCUT2D eigenvalue weighted by Crippen LogP contribution is 2.30. The molecule has 1 rings (SSSR count). The molecule has 120 valence electrons. The Morgan fingerprint density at radius 1 is 1.24 bits per heavy atom. The van der Waals surface area contributed by atoms with Crippen molar-refractivity contribution in [1.82, 2.24) is 5.32 Å². The number of alkyl halides is 3. The van der Waals surface area contributed by atoms with Gasteiger partial charge in [0, 0.05) is 12.6 Å². The smallest absolute Gasteiger partial charge is 0.395 e. The van der Waals surface area contributed by atoms with E-state index in [0.717, 1.165) is 18.6 Å². The van der Waals surface area contributed by atoms with Gasteiger partial charge in [0.2, 0.25) is 0 Å². The molecule has 0 fully saturated rings. The average molecular weight is 305 g/mol. The van der Waals surface area contributed by atoms with E-state index in [1.165, 1.54) is 12.1 Å². The summed E-state index contributed by atoms with van der Waals surface area (Å²) in [5.41, 5.74) is -0.571. The minimum Gasteiger partial charge on any atom is -0.395 e. The van der Waals surface area contributed by atoms with Crippen LogP contribution in [0.5, 0.6) is 0 Å². The summed E-state index contributed by atoms with van der Waals surface area (Å²) in [7, 11) is 0. The van der Waals surface area contributed by atoms with Gasteiger partial charge in [-0.25, -0.2) is 0 Å². The van der Waals surface area contributed by atoms with Crippen molar-refractivity contribution in [1.29, 1.82) is 0 Å². The highest BCUT2D eigenvalue weighted by Gasteiger charge is 2.30. The SMILES string of the molecule is CC(C)CC(CO)NCC(O)c1cccc(C(F)(F)F)c1. The van der Waals surface area contributed by atoms with Crippen LogP contribution in [-0.4, -0.2) is 29.4 Å². The van der Waals surface area contributed by atoms with E-state index in [4.69, 9.17) is 0 Å². The molecule has 0 saturated heterocycles. The number of aliphatic hydroxyl groups excluding tert-OH is 2. The standard InChI is InChI=1S/C15H22F3NO2/c1-10(2)6-13(9-20)19-8-14(21)11-4-3-5-12(7-11)15(16,17)18/h3-5,7,10,13-14,19-21H,6,8-9H2,1-2H3. The first-order valence-corrected chi connectivity index (χ1v) is 6.93. The van der Waals surface area contributed by atoms with Gasteiger partial charge in [0.1, 0.15) is 0 Å². The number of nitrogens with one attached hydrogen (secondary N) is 1. The van der Waals surface area contributed by atoms with Crippen LogP contribution < -0.4 is 5.32 Å². The fraction of sp³-hybridized carbons (Fsp3) is 0.600. The molecule has 2 unspecified atom stereocenters. The molecule has 0 amide bonds. The van der Waals surface area contributed by atoms with Crippen LogP contribution >= 0.6 is 0 Å². The summed E-state index contributed by atoms with van der Waals surface area (Å²) < 4.78 is 37.8. The zero-order chi connectivity index (χ0) is 16.0. The van der Waals surface area contributed by atoms with Gasteiger partial charge in [-0.1, -0.05) is 26.0 Å². The maximum atomic E-state index is 12.6. The van der Waals surface area contributed by atoms with Crippen molar-refractivity contribution in [3.63, 3.8) is 0 Å². The number of benzene rings is 1. The lowest BCUT2D eigenvalue weighted by molar-refractivity contribution is -0.137. The topological polar surface area (TPSA) is 52.5 Å². The summed E-state index contributed by atoms with van der Waals surface area (Å²) in [6, 6.07) is 4.48. The third-order valence-corrected chi connectivity index (χ3v) is 3.17. The lowest BCUT2D eigenvalue weighted by Crippen LogP contribution is -2.36. The Bertz CT molecular complexity index is 435. The second kappa shape index (κ2) is 7.77. The minimum atomic E-state index is -4.42. The molecule has 0 spiro atoms. The van der Waals surface area contributed by atoms with Crippen molar-refractivity contribution in [2.24, 2.45) is 5.92 Å². The first kappa shape index (κ1) is 17.9. The minimum absolute atomic E-state index is 0.0759. The van der Waals surface area contributed by atoms with Crippen LogP contribution in [0.25, 0.3) is 0 Å². The van der Waals surface area contributed by atoms with Crippen molar-refractivity contribution in [3.8, 4) is 0 Å². The first-order valence-electron chi connectivity index (χ1n) is 6.93. The third-order valence-electron chi connectivity index (χ3n) is 3.17. The Balaban J connectivity index is 2.65. The largest absolute Gasteiger partial charge is 0.416 e. The maximum absolute atomic E-state index is 12.6. The molecule has 0 heterocycles. The number of hydrogen-bond acceptors (Lipinski definition) is 3. The zero-order valence-corrected chi connectivity index (χ0v) is 12.2. The van der Waals surface area contributed by atoms with Crippen LogP contribution in [0.1, 0.15) is 37.5 Å². The molecule has 0 aromatic heterocycles. The van der Waals surface area contributed by atoms with Gasteiger partial charge in [-0.3, -0.25) is 0 Å². The molecule has 0 radical (unpaired) electrons. The third kappa shape index (κ3) is 6.03. The van der Waals surface area contributed by atoms with Crippen LogP contribution in [0, 0.1) is 5.92 Å². The van der Waals surface area contributed by atoms with Crippen molar-refractivity contribution in [2.75, 3.05) is 13.2 Å². The lowest BCUT2D eigenvalue weighted by Gasteiger charge is -2.21.